The Morgan fingerprint density at radius 2 is 1.83 bits per heavy atom. The summed E-state index contributed by atoms with van der Waals surface area (Å²) in [7, 11) is 0. The van der Waals surface area contributed by atoms with E-state index in [2.05, 4.69) is 21.8 Å². The molecule has 3 rings (SSSR count). The van der Waals surface area contributed by atoms with Gasteiger partial charge in [-0.15, -0.1) is 0 Å². The number of nitrogens with two attached hydrogens (primary N) is 1. The Balaban J connectivity index is 1.85. The van der Waals surface area contributed by atoms with Crippen LogP contribution in [0.3, 0.4) is 0 Å². The minimum Gasteiger partial charge on any atom is -0.369 e. The van der Waals surface area contributed by atoms with Crippen molar-refractivity contribution in [2.24, 2.45) is 23.0 Å². The molecule has 2 heterocycles. The summed E-state index contributed by atoms with van der Waals surface area (Å²) in [6, 6.07) is 2.56. The van der Waals surface area contributed by atoms with Crippen LogP contribution in [0.5, 0.6) is 0 Å². The summed E-state index contributed by atoms with van der Waals surface area (Å²) in [6.07, 6.45) is -0.00397. The van der Waals surface area contributed by atoms with Crippen LogP contribution in [0, 0.1) is 17.3 Å². The SMILES string of the molecule is C[C@H]1C[C@@H](CC(=O)CC(C)(C)CN)CN(c2ccc(C(F)(F)F)c3nccnc23)C1. The van der Waals surface area contributed by atoms with Crippen LogP contribution in [-0.2, 0) is 11.0 Å². The third-order valence-corrected chi connectivity index (χ3v) is 5.74. The Hall–Kier alpha value is -2.22. The predicted molar refractivity (Wildman–Crippen MR) is 111 cm³/mol. The number of carbonyl (C=O) groups excluding carboxylic acids is 1. The highest BCUT2D eigenvalue weighted by molar-refractivity contribution is 5.91. The van der Waals surface area contributed by atoms with E-state index in [0.29, 0.717) is 44.1 Å². The van der Waals surface area contributed by atoms with Crippen molar-refractivity contribution < 1.29 is 18.0 Å². The molecule has 1 aliphatic rings. The van der Waals surface area contributed by atoms with Gasteiger partial charge >= 0.3 is 6.18 Å². The van der Waals surface area contributed by atoms with E-state index < -0.39 is 11.7 Å². The van der Waals surface area contributed by atoms with Gasteiger partial charge in [0.1, 0.15) is 16.8 Å². The predicted octanol–water partition coefficient (Wildman–Crippen LogP) is 4.45. The minimum atomic E-state index is -4.49. The topological polar surface area (TPSA) is 72.1 Å². The largest absolute Gasteiger partial charge is 0.418 e. The van der Waals surface area contributed by atoms with Crippen LogP contribution in [0.25, 0.3) is 11.0 Å². The van der Waals surface area contributed by atoms with Gasteiger partial charge in [0.05, 0.1) is 11.3 Å². The first-order chi connectivity index (χ1) is 14.0. The zero-order chi connectivity index (χ0) is 22.1. The van der Waals surface area contributed by atoms with Crippen LogP contribution >= 0.6 is 0 Å². The molecule has 164 valence electrons. The number of Topliss-reactive ketones (excluding diaryl/α,β-unsaturated/α-hetero) is 1. The van der Waals surface area contributed by atoms with Gasteiger partial charge in [-0.25, -0.2) is 0 Å². The second-order valence-electron chi connectivity index (χ2n) is 9.28. The lowest BCUT2D eigenvalue weighted by Gasteiger charge is -2.38. The van der Waals surface area contributed by atoms with Crippen molar-refractivity contribution in [2.45, 2.75) is 46.2 Å². The molecule has 0 aliphatic carbocycles. The Labute approximate surface area is 174 Å². The van der Waals surface area contributed by atoms with Crippen molar-refractivity contribution >= 4 is 22.5 Å². The number of carbonyl (C=O) groups is 1. The molecule has 1 aromatic heterocycles. The molecule has 0 saturated carbocycles. The third-order valence-electron chi connectivity index (χ3n) is 5.74. The Bertz CT molecular complexity index is 913. The fraction of sp³-hybridized carbons (Fsp3) is 0.591. The first-order valence-electron chi connectivity index (χ1n) is 10.3. The highest BCUT2D eigenvalue weighted by atomic mass is 19.4. The van der Waals surface area contributed by atoms with Crippen LogP contribution in [0.4, 0.5) is 18.9 Å². The van der Waals surface area contributed by atoms with Crippen molar-refractivity contribution in [1.29, 1.82) is 0 Å². The fourth-order valence-corrected chi connectivity index (χ4v) is 4.35. The number of halogens is 3. The number of anilines is 1. The van der Waals surface area contributed by atoms with Gasteiger partial charge in [-0.2, -0.15) is 13.2 Å². The highest BCUT2D eigenvalue weighted by Gasteiger charge is 2.35. The van der Waals surface area contributed by atoms with Crippen LogP contribution < -0.4 is 10.6 Å². The van der Waals surface area contributed by atoms with Crippen molar-refractivity contribution in [3.8, 4) is 0 Å². The summed E-state index contributed by atoms with van der Waals surface area (Å²) >= 11 is 0. The van der Waals surface area contributed by atoms with Crippen molar-refractivity contribution in [1.82, 2.24) is 9.97 Å². The maximum absolute atomic E-state index is 13.4. The van der Waals surface area contributed by atoms with Gasteiger partial charge in [0.2, 0.25) is 0 Å². The molecule has 0 radical (unpaired) electrons. The number of ketones is 1. The average molecular weight is 422 g/mol. The molecule has 8 heteroatoms. The van der Waals surface area contributed by atoms with Crippen LogP contribution in [0.1, 0.15) is 45.6 Å². The molecule has 5 nitrogen and oxygen atoms in total. The highest BCUT2D eigenvalue weighted by Crippen LogP contribution is 2.38. The van der Waals surface area contributed by atoms with Gasteiger partial charge < -0.3 is 10.6 Å². The van der Waals surface area contributed by atoms with E-state index in [1.54, 1.807) is 0 Å². The maximum atomic E-state index is 13.4. The van der Waals surface area contributed by atoms with Gasteiger partial charge in [-0.05, 0) is 42.3 Å². The zero-order valence-corrected chi connectivity index (χ0v) is 17.7. The summed E-state index contributed by atoms with van der Waals surface area (Å²) in [4.78, 5) is 22.8. The summed E-state index contributed by atoms with van der Waals surface area (Å²) in [5.41, 5.74) is 5.48. The fourth-order valence-electron chi connectivity index (χ4n) is 4.35. The van der Waals surface area contributed by atoms with Gasteiger partial charge in [0, 0.05) is 38.3 Å². The number of fused-ring (bicyclic) bond motifs is 1. The second-order valence-corrected chi connectivity index (χ2v) is 9.28. The van der Waals surface area contributed by atoms with E-state index in [0.717, 1.165) is 12.5 Å². The van der Waals surface area contributed by atoms with E-state index in [1.165, 1.54) is 18.5 Å². The average Bonchev–Trinajstić information content (AvgIpc) is 2.65. The van der Waals surface area contributed by atoms with E-state index >= 15 is 0 Å². The van der Waals surface area contributed by atoms with Gasteiger partial charge in [-0.3, -0.25) is 14.8 Å². The van der Waals surface area contributed by atoms with Gasteiger partial charge in [0.15, 0.2) is 0 Å². The lowest BCUT2D eigenvalue weighted by atomic mass is 9.82. The molecule has 2 aromatic rings. The summed E-state index contributed by atoms with van der Waals surface area (Å²) in [5.74, 6) is 0.637. The minimum absolute atomic E-state index is 0.141. The number of rotatable bonds is 6. The number of hydrogen-bond donors (Lipinski definition) is 1. The number of hydrogen-bond acceptors (Lipinski definition) is 5. The molecule has 0 amide bonds. The number of alkyl halides is 3. The molecule has 1 saturated heterocycles. The molecule has 1 fully saturated rings. The number of piperidine rings is 1. The van der Waals surface area contributed by atoms with Crippen molar-refractivity contribution in [3.63, 3.8) is 0 Å². The first-order valence-corrected chi connectivity index (χ1v) is 10.3. The van der Waals surface area contributed by atoms with Gasteiger partial charge in [0.25, 0.3) is 0 Å². The standard InChI is InChI=1S/C22H29F3N4O/c1-14-8-15(9-16(30)10-21(2,3)13-26)12-29(11-14)18-5-4-17(22(23,24)25)19-20(18)28-7-6-27-19/h4-7,14-15H,8-13,26H2,1-3H3/t14-,15-/m0/s1. The molecule has 0 spiro atoms. The lowest BCUT2D eigenvalue weighted by molar-refractivity contribution is -0.136. The molecule has 30 heavy (non-hydrogen) atoms. The van der Waals surface area contributed by atoms with Crippen LogP contribution in [0.2, 0.25) is 0 Å². The van der Waals surface area contributed by atoms with Gasteiger partial charge in [-0.1, -0.05) is 20.8 Å². The molecule has 2 atom stereocenters. The van der Waals surface area contributed by atoms with Crippen molar-refractivity contribution in [2.75, 3.05) is 24.5 Å². The van der Waals surface area contributed by atoms with E-state index in [9.17, 15) is 18.0 Å². The smallest absolute Gasteiger partial charge is 0.369 e. The second kappa shape index (κ2) is 8.49. The lowest BCUT2D eigenvalue weighted by Crippen LogP contribution is -2.41. The Kier molecular flexibility index (Phi) is 6.36. The summed E-state index contributed by atoms with van der Waals surface area (Å²) in [6.45, 7) is 7.82. The zero-order valence-electron chi connectivity index (χ0n) is 17.7. The van der Waals surface area contributed by atoms with Crippen LogP contribution in [-0.4, -0.2) is 35.4 Å². The van der Waals surface area contributed by atoms with E-state index in [4.69, 9.17) is 5.73 Å². The molecular weight excluding hydrogens is 393 g/mol. The molecular formula is C22H29F3N4O. The molecule has 2 N–H and O–H groups in total. The summed E-state index contributed by atoms with van der Waals surface area (Å²) < 4.78 is 40.2. The van der Waals surface area contributed by atoms with E-state index in [1.807, 2.05) is 13.8 Å². The van der Waals surface area contributed by atoms with E-state index in [-0.39, 0.29) is 28.1 Å². The Morgan fingerprint density at radius 3 is 2.47 bits per heavy atom. The first kappa shape index (κ1) is 22.5. The molecule has 0 unspecified atom stereocenters. The molecule has 1 aromatic carbocycles. The Morgan fingerprint density at radius 1 is 1.17 bits per heavy atom. The van der Waals surface area contributed by atoms with Crippen LogP contribution in [0.15, 0.2) is 24.5 Å². The number of nitrogens with zero attached hydrogens (tertiary/aromatic N) is 3. The van der Waals surface area contributed by atoms with Crippen molar-refractivity contribution in [3.05, 3.63) is 30.1 Å². The quantitative estimate of drug-likeness (QED) is 0.745. The monoisotopic (exact) mass is 422 g/mol. The molecule has 0 bridgehead atoms. The summed E-state index contributed by atoms with van der Waals surface area (Å²) in [5, 5.41) is 0. The normalized spacial score (nSPS) is 20.6. The molecule has 1 aliphatic heterocycles. The third kappa shape index (κ3) is 5.09. The number of aromatic nitrogens is 2. The number of benzene rings is 1. The maximum Gasteiger partial charge on any atom is 0.418 e.